The Kier molecular flexibility index (Phi) is 26.6. The Bertz CT molecular complexity index is 550. The monoisotopic (exact) mass is 531 g/mol. The molecule has 0 aromatic heterocycles. The average molecular weight is 531 g/mol. The third kappa shape index (κ3) is 26.6. The summed E-state index contributed by atoms with van der Waals surface area (Å²) in [4.78, 5) is 12.0. The lowest BCUT2D eigenvalue weighted by Gasteiger charge is -2.12. The minimum absolute atomic E-state index is 0.0145. The molecular weight excluding hydrogens is 464 g/mol. The number of ether oxygens (including phenoxy) is 1. The summed E-state index contributed by atoms with van der Waals surface area (Å²) < 4.78 is 5.54. The predicted molar refractivity (Wildman–Crippen MR) is 168 cm³/mol. The van der Waals surface area contributed by atoms with Gasteiger partial charge in [0.15, 0.2) is 0 Å². The van der Waals surface area contributed by atoms with Gasteiger partial charge in [0.1, 0.15) is 0 Å². The van der Waals surface area contributed by atoms with Gasteiger partial charge in [-0.1, -0.05) is 140 Å². The maximum atomic E-state index is 12.0. The van der Waals surface area contributed by atoms with E-state index in [4.69, 9.17) is 4.74 Å². The lowest BCUT2D eigenvalue weighted by Crippen LogP contribution is -2.11. The largest absolute Gasteiger partial charge is 0.465 e. The third-order valence-corrected chi connectivity index (χ3v) is 8.17. The van der Waals surface area contributed by atoms with Gasteiger partial charge in [-0.25, -0.2) is 0 Å². The molecule has 0 radical (unpaired) electrons. The van der Waals surface area contributed by atoms with Gasteiger partial charge >= 0.3 is 5.97 Å². The summed E-state index contributed by atoms with van der Waals surface area (Å²) in [5.74, 6) is 0.504. The van der Waals surface area contributed by atoms with Crippen molar-refractivity contribution >= 4 is 5.97 Å². The molecule has 0 aliphatic carbocycles. The molecule has 1 heterocycles. The second-order valence-electron chi connectivity index (χ2n) is 12.2. The van der Waals surface area contributed by atoms with Crippen LogP contribution in [0.2, 0.25) is 0 Å². The number of carbonyl (C=O) groups excluding carboxylic acids is 1. The fourth-order valence-corrected chi connectivity index (χ4v) is 5.50. The molecule has 0 saturated heterocycles. The smallest absolute Gasteiger partial charge is 0.305 e. The molecule has 38 heavy (non-hydrogen) atoms. The summed E-state index contributed by atoms with van der Waals surface area (Å²) in [6.07, 6.45) is 46.1. The van der Waals surface area contributed by atoms with Gasteiger partial charge in [-0.05, 0) is 70.1 Å². The van der Waals surface area contributed by atoms with Crippen LogP contribution >= 0.6 is 0 Å². The molecule has 222 valence electrons. The van der Waals surface area contributed by atoms with Gasteiger partial charge in [-0.2, -0.15) is 0 Å². The molecule has 1 aliphatic rings. The van der Waals surface area contributed by atoms with Crippen molar-refractivity contribution in [1.82, 2.24) is 0 Å². The van der Waals surface area contributed by atoms with E-state index in [9.17, 15) is 4.79 Å². The normalized spacial score (nSPS) is 26.0. The van der Waals surface area contributed by atoms with E-state index in [1.54, 1.807) is 0 Å². The number of esters is 1. The molecule has 0 saturated carbocycles. The summed E-state index contributed by atoms with van der Waals surface area (Å²) in [5.41, 5.74) is 0. The Balaban J connectivity index is 2.16. The van der Waals surface area contributed by atoms with Gasteiger partial charge in [-0.3, -0.25) is 4.79 Å². The number of rotatable bonds is 0. The Hall–Kier alpha value is -1.05. The summed E-state index contributed by atoms with van der Waals surface area (Å²) in [6.45, 7) is 2.83. The van der Waals surface area contributed by atoms with Crippen LogP contribution in [0.4, 0.5) is 0 Å². The van der Waals surface area contributed by atoms with E-state index in [2.05, 4.69) is 31.2 Å². The number of cyclic esters (lactones) is 1. The molecule has 0 spiro atoms. The zero-order chi connectivity index (χ0) is 27.2. The highest BCUT2D eigenvalue weighted by Gasteiger charge is 2.07. The first-order valence-corrected chi connectivity index (χ1v) is 17.2. The van der Waals surface area contributed by atoms with E-state index >= 15 is 0 Å². The summed E-state index contributed by atoms with van der Waals surface area (Å²) >= 11 is 0. The topological polar surface area (TPSA) is 26.3 Å². The average Bonchev–Trinajstić information content (AvgIpc) is 2.92. The summed E-state index contributed by atoms with van der Waals surface area (Å²) in [7, 11) is 0. The van der Waals surface area contributed by atoms with Crippen LogP contribution in [0.15, 0.2) is 24.3 Å². The van der Waals surface area contributed by atoms with E-state index in [1.807, 2.05) is 0 Å². The Morgan fingerprint density at radius 2 is 0.789 bits per heavy atom. The number of allylic oxidation sites excluding steroid dienone is 4. The van der Waals surface area contributed by atoms with Gasteiger partial charge in [0.25, 0.3) is 0 Å². The Labute approximate surface area is 238 Å². The molecule has 0 aromatic carbocycles. The molecule has 0 aromatic rings. The quantitative estimate of drug-likeness (QED) is 0.230. The highest BCUT2D eigenvalue weighted by atomic mass is 16.5. The lowest BCUT2D eigenvalue weighted by molar-refractivity contribution is -0.145. The van der Waals surface area contributed by atoms with Gasteiger partial charge in [-0.15, -0.1) is 0 Å². The van der Waals surface area contributed by atoms with Crippen LogP contribution in [-0.2, 0) is 9.53 Å². The Morgan fingerprint density at radius 1 is 0.474 bits per heavy atom. The van der Waals surface area contributed by atoms with Crippen molar-refractivity contribution in [3.05, 3.63) is 24.3 Å². The minimum Gasteiger partial charge on any atom is -0.465 e. The molecule has 0 N–H and O–H groups in total. The zero-order valence-electron chi connectivity index (χ0n) is 25.7. The van der Waals surface area contributed by atoms with Gasteiger partial charge < -0.3 is 4.74 Å². The highest BCUT2D eigenvalue weighted by molar-refractivity contribution is 5.69. The lowest BCUT2D eigenvalue weighted by atomic mass is 10.0. The fourth-order valence-electron chi connectivity index (χ4n) is 5.50. The van der Waals surface area contributed by atoms with Crippen molar-refractivity contribution in [2.24, 2.45) is 5.92 Å². The number of carbonyl (C=O) groups is 1. The summed E-state index contributed by atoms with van der Waals surface area (Å²) in [5, 5.41) is 0. The van der Waals surface area contributed by atoms with Crippen LogP contribution in [0.25, 0.3) is 0 Å². The number of hydrogen-bond acceptors (Lipinski definition) is 2. The maximum Gasteiger partial charge on any atom is 0.305 e. The molecular formula is C36H66O2. The van der Waals surface area contributed by atoms with E-state index in [0.29, 0.717) is 18.9 Å². The molecule has 1 rings (SSSR count). The first kappa shape index (κ1) is 35.0. The van der Waals surface area contributed by atoms with E-state index in [1.165, 1.54) is 167 Å². The molecule has 0 fully saturated rings. The van der Waals surface area contributed by atoms with Gasteiger partial charge in [0.05, 0.1) is 6.61 Å². The molecule has 2 nitrogen and oxygen atoms in total. The third-order valence-electron chi connectivity index (χ3n) is 8.17. The van der Waals surface area contributed by atoms with Crippen LogP contribution in [-0.4, -0.2) is 12.6 Å². The Morgan fingerprint density at radius 3 is 1.18 bits per heavy atom. The van der Waals surface area contributed by atoms with Crippen LogP contribution < -0.4 is 0 Å². The first-order chi connectivity index (χ1) is 18.8. The van der Waals surface area contributed by atoms with Crippen molar-refractivity contribution in [2.45, 2.75) is 187 Å². The van der Waals surface area contributed by atoms with Crippen LogP contribution in [0, 0.1) is 5.92 Å². The van der Waals surface area contributed by atoms with E-state index < -0.39 is 0 Å². The van der Waals surface area contributed by atoms with Crippen LogP contribution in [0.5, 0.6) is 0 Å². The zero-order valence-corrected chi connectivity index (χ0v) is 25.7. The van der Waals surface area contributed by atoms with Crippen LogP contribution in [0.1, 0.15) is 187 Å². The molecule has 0 bridgehead atoms. The molecule has 1 atom stereocenters. The van der Waals surface area contributed by atoms with Crippen molar-refractivity contribution in [1.29, 1.82) is 0 Å². The molecule has 1 unspecified atom stereocenters. The second kappa shape index (κ2) is 28.9. The fraction of sp³-hybridized carbons (Fsp3) is 0.861. The SMILES string of the molecule is CC1CCCCC/C=C\CCCCCCCCCC/C=C\CCCCCCCCCCCCCC(=O)OC1. The number of hydrogen-bond donors (Lipinski definition) is 0. The maximum absolute atomic E-state index is 12.0. The van der Waals surface area contributed by atoms with Gasteiger partial charge in [0.2, 0.25) is 0 Å². The van der Waals surface area contributed by atoms with Crippen molar-refractivity contribution < 1.29 is 9.53 Å². The summed E-state index contributed by atoms with van der Waals surface area (Å²) in [6, 6.07) is 0. The van der Waals surface area contributed by atoms with Crippen molar-refractivity contribution in [2.75, 3.05) is 6.61 Å². The molecule has 0 amide bonds. The van der Waals surface area contributed by atoms with Gasteiger partial charge in [0, 0.05) is 6.42 Å². The van der Waals surface area contributed by atoms with E-state index in [0.717, 1.165) is 6.42 Å². The predicted octanol–water partition coefficient (Wildman–Crippen LogP) is 12.2. The standard InChI is InChI=1S/C36H66O2/c1-35-32-30-28-26-24-22-20-18-16-14-12-10-8-6-4-2-3-5-7-9-11-13-15-17-19-21-23-25-27-29-31-33-36(37)38-34-35/h5,7,20,22,35H,2-4,6,8-19,21,23-34H2,1H3/b7-5-,22-20-. The first-order valence-electron chi connectivity index (χ1n) is 17.2. The molecule has 1 aliphatic heterocycles. The van der Waals surface area contributed by atoms with E-state index in [-0.39, 0.29) is 5.97 Å². The second-order valence-corrected chi connectivity index (χ2v) is 12.2. The van der Waals surface area contributed by atoms with Crippen molar-refractivity contribution in [3.8, 4) is 0 Å². The highest BCUT2D eigenvalue weighted by Crippen LogP contribution is 2.15. The molecule has 2 heteroatoms. The minimum atomic E-state index is 0.0145. The van der Waals surface area contributed by atoms with Crippen molar-refractivity contribution in [3.63, 3.8) is 0 Å². The van der Waals surface area contributed by atoms with Crippen LogP contribution in [0.3, 0.4) is 0 Å².